The molecule has 0 aliphatic heterocycles. The first-order valence-corrected chi connectivity index (χ1v) is 7.45. The quantitative estimate of drug-likeness (QED) is 0.473. The van der Waals surface area contributed by atoms with Crippen molar-refractivity contribution >= 4 is 0 Å². The van der Waals surface area contributed by atoms with Crippen LogP contribution in [0.4, 0.5) is 0 Å². The highest BCUT2D eigenvalue weighted by Gasteiger charge is 2.27. The van der Waals surface area contributed by atoms with Crippen LogP contribution in [0, 0.1) is 11.8 Å². The maximum Gasteiger partial charge on any atom is -0.0412 e. The van der Waals surface area contributed by atoms with Gasteiger partial charge in [-0.1, -0.05) is 77.0 Å². The Balaban J connectivity index is 0.000000115. The van der Waals surface area contributed by atoms with Crippen molar-refractivity contribution in [3.8, 4) is 0 Å². The third-order valence-electron chi connectivity index (χ3n) is 4.62. The lowest BCUT2D eigenvalue weighted by Gasteiger charge is -2.16. The molecular weight excluding hydrogens is 180 g/mol. The molecule has 3 aliphatic rings. The van der Waals surface area contributed by atoms with Crippen molar-refractivity contribution in [2.75, 3.05) is 0 Å². The van der Waals surface area contributed by atoms with Gasteiger partial charge in [0.15, 0.2) is 0 Å². The topological polar surface area (TPSA) is 0 Å². The minimum absolute atomic E-state index is 1.16. The molecular formula is C15H28. The zero-order valence-corrected chi connectivity index (χ0v) is 10.3. The van der Waals surface area contributed by atoms with E-state index in [1.807, 2.05) is 0 Å². The van der Waals surface area contributed by atoms with Gasteiger partial charge in [0.25, 0.3) is 0 Å². The lowest BCUT2D eigenvalue weighted by molar-refractivity contribution is 0.359. The number of hydrogen-bond donors (Lipinski definition) is 0. The predicted molar refractivity (Wildman–Crippen MR) is 67.0 cm³/mol. The van der Waals surface area contributed by atoms with Crippen LogP contribution in [0.25, 0.3) is 0 Å². The molecule has 2 bridgehead atoms. The molecule has 0 aromatic heterocycles. The monoisotopic (exact) mass is 208 g/mol. The fourth-order valence-corrected chi connectivity index (χ4v) is 3.64. The fraction of sp³-hybridized carbons (Fsp3) is 1.00. The van der Waals surface area contributed by atoms with Gasteiger partial charge in [-0.05, 0) is 18.3 Å². The summed E-state index contributed by atoms with van der Waals surface area (Å²) in [4.78, 5) is 0. The lowest BCUT2D eigenvalue weighted by atomic mass is 9.89. The fourth-order valence-electron chi connectivity index (χ4n) is 3.64. The first-order valence-electron chi connectivity index (χ1n) is 7.45. The van der Waals surface area contributed by atoms with Crippen molar-refractivity contribution in [1.82, 2.24) is 0 Å². The summed E-state index contributed by atoms with van der Waals surface area (Å²) in [5.74, 6) is 2.32. The van der Waals surface area contributed by atoms with E-state index >= 15 is 0 Å². The van der Waals surface area contributed by atoms with E-state index < -0.39 is 0 Å². The standard InChI is InChI=1S/C8H14.C7H14/c1-2-7-4-5-8(3-1)6-7;1-2-4-6-7-5-3-1/h7-8H,1-6H2;1-7H2. The van der Waals surface area contributed by atoms with Crippen LogP contribution >= 0.6 is 0 Å². The molecule has 3 saturated carbocycles. The molecule has 0 aromatic rings. The number of rotatable bonds is 0. The molecule has 2 unspecified atom stereocenters. The summed E-state index contributed by atoms with van der Waals surface area (Å²) in [6.45, 7) is 0. The van der Waals surface area contributed by atoms with Crippen LogP contribution in [0.3, 0.4) is 0 Å². The van der Waals surface area contributed by atoms with E-state index in [-0.39, 0.29) is 0 Å². The highest BCUT2D eigenvalue weighted by Crippen LogP contribution is 2.41. The molecule has 2 atom stereocenters. The van der Waals surface area contributed by atoms with Crippen LogP contribution in [0.5, 0.6) is 0 Å². The molecule has 0 nitrogen and oxygen atoms in total. The molecule has 15 heavy (non-hydrogen) atoms. The van der Waals surface area contributed by atoms with Crippen LogP contribution in [-0.4, -0.2) is 0 Å². The minimum Gasteiger partial charge on any atom is -0.0533 e. The van der Waals surface area contributed by atoms with Crippen LogP contribution in [0.2, 0.25) is 0 Å². The van der Waals surface area contributed by atoms with Gasteiger partial charge in [-0.3, -0.25) is 0 Å². The minimum atomic E-state index is 1.16. The molecule has 0 N–H and O–H groups in total. The smallest absolute Gasteiger partial charge is 0.0412 e. The Kier molecular flexibility index (Phi) is 5.02. The van der Waals surface area contributed by atoms with Gasteiger partial charge in [0.05, 0.1) is 0 Å². The van der Waals surface area contributed by atoms with Gasteiger partial charge >= 0.3 is 0 Å². The van der Waals surface area contributed by atoms with E-state index in [1.165, 1.54) is 51.4 Å². The molecule has 3 rings (SSSR count). The molecule has 3 fully saturated rings. The molecule has 0 amide bonds. The van der Waals surface area contributed by atoms with Crippen LogP contribution in [0.15, 0.2) is 0 Å². The van der Waals surface area contributed by atoms with E-state index in [9.17, 15) is 0 Å². The molecule has 3 aliphatic carbocycles. The molecule has 0 saturated heterocycles. The van der Waals surface area contributed by atoms with Gasteiger partial charge in [-0.25, -0.2) is 0 Å². The molecule has 0 radical (unpaired) electrons. The Hall–Kier alpha value is 0. The Morgan fingerprint density at radius 2 is 0.800 bits per heavy atom. The third kappa shape index (κ3) is 4.17. The average molecular weight is 208 g/mol. The van der Waals surface area contributed by atoms with Crippen molar-refractivity contribution < 1.29 is 0 Å². The highest BCUT2D eigenvalue weighted by molar-refractivity contribution is 4.80. The molecule has 0 aromatic carbocycles. The molecule has 0 spiro atoms. The zero-order chi connectivity index (χ0) is 10.3. The summed E-state index contributed by atoms with van der Waals surface area (Å²) in [5, 5.41) is 0. The van der Waals surface area contributed by atoms with E-state index in [1.54, 1.807) is 32.1 Å². The summed E-state index contributed by atoms with van der Waals surface area (Å²) >= 11 is 0. The summed E-state index contributed by atoms with van der Waals surface area (Å²) in [7, 11) is 0. The number of fused-ring (bicyclic) bond motifs is 2. The SMILES string of the molecule is C1CC2CCC(C1)C2.C1CCCCCC1. The Bertz CT molecular complexity index is 128. The van der Waals surface area contributed by atoms with E-state index in [0.717, 1.165) is 11.8 Å². The van der Waals surface area contributed by atoms with Crippen LogP contribution < -0.4 is 0 Å². The maximum absolute atomic E-state index is 1.58. The van der Waals surface area contributed by atoms with E-state index in [2.05, 4.69) is 0 Å². The van der Waals surface area contributed by atoms with Crippen molar-refractivity contribution in [2.24, 2.45) is 11.8 Å². The Morgan fingerprint density at radius 1 is 0.400 bits per heavy atom. The average Bonchev–Trinajstić information content (AvgIpc) is 2.54. The highest BCUT2D eigenvalue weighted by atomic mass is 14.3. The Labute approximate surface area is 95.8 Å². The third-order valence-corrected chi connectivity index (χ3v) is 4.62. The second-order valence-corrected chi connectivity index (χ2v) is 5.95. The van der Waals surface area contributed by atoms with Crippen molar-refractivity contribution in [2.45, 2.75) is 83.5 Å². The Morgan fingerprint density at radius 3 is 1.13 bits per heavy atom. The maximum atomic E-state index is 1.58. The van der Waals surface area contributed by atoms with E-state index in [4.69, 9.17) is 0 Å². The second-order valence-electron chi connectivity index (χ2n) is 5.95. The van der Waals surface area contributed by atoms with Gasteiger partial charge in [0, 0.05) is 0 Å². The number of hydrogen-bond acceptors (Lipinski definition) is 0. The molecule has 0 heterocycles. The summed E-state index contributed by atoms with van der Waals surface area (Å²) in [6, 6.07) is 0. The predicted octanol–water partition coefficient (Wildman–Crippen LogP) is 5.32. The van der Waals surface area contributed by atoms with Crippen molar-refractivity contribution in [3.05, 3.63) is 0 Å². The van der Waals surface area contributed by atoms with Crippen LogP contribution in [-0.2, 0) is 0 Å². The van der Waals surface area contributed by atoms with Gasteiger partial charge < -0.3 is 0 Å². The first kappa shape index (κ1) is 11.5. The van der Waals surface area contributed by atoms with Gasteiger partial charge in [-0.2, -0.15) is 0 Å². The van der Waals surface area contributed by atoms with Gasteiger partial charge in [0.1, 0.15) is 0 Å². The van der Waals surface area contributed by atoms with Crippen molar-refractivity contribution in [3.63, 3.8) is 0 Å². The lowest BCUT2D eigenvalue weighted by Crippen LogP contribution is -2.03. The zero-order valence-electron chi connectivity index (χ0n) is 10.3. The van der Waals surface area contributed by atoms with Gasteiger partial charge in [-0.15, -0.1) is 0 Å². The summed E-state index contributed by atoms with van der Waals surface area (Å²) < 4.78 is 0. The largest absolute Gasteiger partial charge is 0.0533 e. The normalized spacial score (nSPS) is 35.2. The molecule has 0 heteroatoms. The van der Waals surface area contributed by atoms with Gasteiger partial charge in [0.2, 0.25) is 0 Å². The second kappa shape index (κ2) is 6.55. The van der Waals surface area contributed by atoms with Crippen LogP contribution in [0.1, 0.15) is 83.5 Å². The van der Waals surface area contributed by atoms with E-state index in [0.29, 0.717) is 0 Å². The summed E-state index contributed by atoms with van der Waals surface area (Å²) in [5.41, 5.74) is 0. The van der Waals surface area contributed by atoms with Crippen molar-refractivity contribution in [1.29, 1.82) is 0 Å². The first-order chi connectivity index (χ1) is 7.45. The summed E-state index contributed by atoms with van der Waals surface area (Å²) in [6.07, 6.45) is 19.8. The molecule has 88 valence electrons.